The quantitative estimate of drug-likeness (QED) is 0.596. The molecule has 0 spiro atoms. The van der Waals surface area contributed by atoms with Crippen molar-refractivity contribution >= 4 is 5.97 Å². The lowest BCUT2D eigenvalue weighted by atomic mass is 9.88. The highest BCUT2D eigenvalue weighted by Crippen LogP contribution is 2.28. The van der Waals surface area contributed by atoms with Gasteiger partial charge in [0.2, 0.25) is 0 Å². The number of cyclic esters (lactones) is 1. The first kappa shape index (κ1) is 9.48. The summed E-state index contributed by atoms with van der Waals surface area (Å²) in [7, 11) is 1.44. The first-order valence-electron chi connectivity index (χ1n) is 3.88. The molecule has 1 saturated heterocycles. The fraction of sp³-hybridized carbons (Fsp3) is 0.875. The van der Waals surface area contributed by atoms with E-state index >= 15 is 0 Å². The van der Waals surface area contributed by atoms with Crippen molar-refractivity contribution in [3.05, 3.63) is 0 Å². The third-order valence-electron chi connectivity index (χ3n) is 2.16. The van der Waals surface area contributed by atoms with Gasteiger partial charge in [0.05, 0.1) is 11.5 Å². The third-order valence-corrected chi connectivity index (χ3v) is 2.16. The molecule has 4 nitrogen and oxygen atoms in total. The van der Waals surface area contributed by atoms with Gasteiger partial charge in [-0.2, -0.15) is 0 Å². The minimum Gasteiger partial charge on any atom is -0.463 e. The lowest BCUT2D eigenvalue weighted by Crippen LogP contribution is -2.40. The Morgan fingerprint density at radius 1 is 1.67 bits per heavy atom. The molecule has 0 aromatic heterocycles. The van der Waals surface area contributed by atoms with E-state index < -0.39 is 11.7 Å². The van der Waals surface area contributed by atoms with Gasteiger partial charge in [0.1, 0.15) is 6.61 Å². The zero-order chi connectivity index (χ0) is 9.35. The Balaban J connectivity index is 2.73. The number of aliphatic hydroxyl groups is 1. The highest BCUT2D eigenvalue weighted by atomic mass is 16.6. The van der Waals surface area contributed by atoms with Gasteiger partial charge in [-0.25, -0.2) is 4.79 Å². The second kappa shape index (κ2) is 3.03. The van der Waals surface area contributed by atoms with Crippen LogP contribution < -0.4 is 0 Å². The Morgan fingerprint density at radius 3 is 2.58 bits per heavy atom. The summed E-state index contributed by atoms with van der Waals surface area (Å²) in [5.41, 5.74) is -0.938. The van der Waals surface area contributed by atoms with E-state index in [0.717, 1.165) is 0 Å². The number of ether oxygens (including phenoxy) is 2. The van der Waals surface area contributed by atoms with Gasteiger partial charge in [-0.15, -0.1) is 0 Å². The van der Waals surface area contributed by atoms with Gasteiger partial charge in [-0.1, -0.05) is 0 Å². The summed E-state index contributed by atoms with van der Waals surface area (Å²) in [5.74, 6) is -0.653. The maximum absolute atomic E-state index is 11.0. The van der Waals surface area contributed by atoms with Gasteiger partial charge >= 0.3 is 5.97 Å². The maximum Gasteiger partial charge on any atom is 0.335 e. The molecule has 2 unspecified atom stereocenters. The number of rotatable bonds is 2. The highest BCUT2D eigenvalue weighted by Gasteiger charge is 2.45. The van der Waals surface area contributed by atoms with E-state index in [2.05, 4.69) is 0 Å². The molecule has 0 saturated carbocycles. The van der Waals surface area contributed by atoms with E-state index in [-0.39, 0.29) is 18.5 Å². The van der Waals surface area contributed by atoms with Crippen LogP contribution in [0.1, 0.15) is 13.8 Å². The van der Waals surface area contributed by atoms with E-state index in [1.807, 2.05) is 0 Å². The van der Waals surface area contributed by atoms with Crippen LogP contribution in [0.5, 0.6) is 0 Å². The predicted octanol–water partition coefficient (Wildman–Crippen LogP) is -0.0547. The number of esters is 1. The molecular weight excluding hydrogens is 160 g/mol. The van der Waals surface area contributed by atoms with Crippen molar-refractivity contribution in [1.82, 2.24) is 0 Å². The van der Waals surface area contributed by atoms with Gasteiger partial charge in [0, 0.05) is 7.11 Å². The van der Waals surface area contributed by atoms with Crippen LogP contribution in [0.15, 0.2) is 0 Å². The van der Waals surface area contributed by atoms with E-state index in [9.17, 15) is 9.90 Å². The second-order valence-electron chi connectivity index (χ2n) is 3.55. The van der Waals surface area contributed by atoms with Crippen LogP contribution >= 0.6 is 0 Å². The molecule has 0 aliphatic carbocycles. The minimum absolute atomic E-state index is 0.237. The van der Waals surface area contributed by atoms with Crippen LogP contribution in [0.25, 0.3) is 0 Å². The Hall–Kier alpha value is -0.610. The summed E-state index contributed by atoms with van der Waals surface area (Å²) >= 11 is 0. The standard InChI is InChI=1S/C8H14O4/c1-8(2,10)5-4-12-7(9)6(5)11-3/h5-6,10H,4H2,1-3H3. The molecular formula is C8H14O4. The van der Waals surface area contributed by atoms with Gasteiger partial charge in [-0.05, 0) is 13.8 Å². The molecule has 0 bridgehead atoms. The number of hydrogen-bond acceptors (Lipinski definition) is 4. The van der Waals surface area contributed by atoms with Gasteiger partial charge in [0.15, 0.2) is 6.10 Å². The van der Waals surface area contributed by atoms with Crippen LogP contribution in [0, 0.1) is 5.92 Å². The largest absolute Gasteiger partial charge is 0.463 e. The molecule has 0 amide bonds. The third kappa shape index (κ3) is 1.59. The van der Waals surface area contributed by atoms with Crippen molar-refractivity contribution in [2.24, 2.45) is 5.92 Å². The van der Waals surface area contributed by atoms with E-state index in [1.54, 1.807) is 13.8 Å². The first-order chi connectivity index (χ1) is 5.46. The molecule has 1 aliphatic rings. The van der Waals surface area contributed by atoms with Gasteiger partial charge < -0.3 is 14.6 Å². The zero-order valence-electron chi connectivity index (χ0n) is 7.53. The van der Waals surface area contributed by atoms with Crippen molar-refractivity contribution in [2.75, 3.05) is 13.7 Å². The Bertz CT molecular complexity index is 182. The lowest BCUT2D eigenvalue weighted by Gasteiger charge is -2.26. The summed E-state index contributed by atoms with van der Waals surface area (Å²) in [6.45, 7) is 3.53. The first-order valence-corrected chi connectivity index (χ1v) is 3.88. The maximum atomic E-state index is 11.0. The molecule has 1 N–H and O–H groups in total. The average molecular weight is 174 g/mol. The summed E-state index contributed by atoms with van der Waals surface area (Å²) in [4.78, 5) is 11.0. The monoisotopic (exact) mass is 174 g/mol. The topological polar surface area (TPSA) is 55.8 Å². The molecule has 2 atom stereocenters. The van der Waals surface area contributed by atoms with Crippen molar-refractivity contribution < 1.29 is 19.4 Å². The van der Waals surface area contributed by atoms with Crippen molar-refractivity contribution in [2.45, 2.75) is 25.6 Å². The number of carbonyl (C=O) groups excluding carboxylic acids is 1. The highest BCUT2D eigenvalue weighted by molar-refractivity contribution is 5.77. The predicted molar refractivity (Wildman–Crippen MR) is 41.5 cm³/mol. The summed E-state index contributed by atoms with van der Waals surface area (Å²) in [5, 5.41) is 9.62. The average Bonchev–Trinajstić information content (AvgIpc) is 2.29. The fourth-order valence-corrected chi connectivity index (χ4v) is 1.34. The van der Waals surface area contributed by atoms with Crippen LogP contribution in [-0.2, 0) is 14.3 Å². The van der Waals surface area contributed by atoms with Gasteiger partial charge in [0.25, 0.3) is 0 Å². The number of methoxy groups -OCH3 is 1. The zero-order valence-corrected chi connectivity index (χ0v) is 7.53. The summed E-state index contributed by atoms with van der Waals surface area (Å²) in [6.07, 6.45) is -0.620. The molecule has 70 valence electrons. The Labute approximate surface area is 71.5 Å². The second-order valence-corrected chi connectivity index (χ2v) is 3.55. The number of hydrogen-bond donors (Lipinski definition) is 1. The van der Waals surface area contributed by atoms with E-state index in [1.165, 1.54) is 7.11 Å². The SMILES string of the molecule is COC1C(=O)OCC1C(C)(C)O. The smallest absolute Gasteiger partial charge is 0.335 e. The summed E-state index contributed by atoms with van der Waals surface area (Å²) in [6, 6.07) is 0. The molecule has 1 rings (SSSR count). The van der Waals surface area contributed by atoms with Crippen LogP contribution in [0.3, 0.4) is 0 Å². The molecule has 0 radical (unpaired) electrons. The van der Waals surface area contributed by atoms with Crippen LogP contribution in [-0.4, -0.2) is 36.5 Å². The molecule has 0 aromatic rings. The van der Waals surface area contributed by atoms with E-state index in [4.69, 9.17) is 9.47 Å². The van der Waals surface area contributed by atoms with Crippen molar-refractivity contribution in [1.29, 1.82) is 0 Å². The van der Waals surface area contributed by atoms with Crippen LogP contribution in [0.2, 0.25) is 0 Å². The Kier molecular flexibility index (Phi) is 2.39. The normalized spacial score (nSPS) is 30.5. The van der Waals surface area contributed by atoms with Crippen molar-refractivity contribution in [3.63, 3.8) is 0 Å². The lowest BCUT2D eigenvalue weighted by molar-refractivity contribution is -0.147. The minimum atomic E-state index is -0.938. The van der Waals surface area contributed by atoms with Gasteiger partial charge in [-0.3, -0.25) is 0 Å². The Morgan fingerprint density at radius 2 is 2.25 bits per heavy atom. The molecule has 0 aromatic carbocycles. The molecule has 4 heteroatoms. The van der Waals surface area contributed by atoms with E-state index in [0.29, 0.717) is 0 Å². The molecule has 1 fully saturated rings. The molecule has 12 heavy (non-hydrogen) atoms. The molecule has 1 aliphatic heterocycles. The fourth-order valence-electron chi connectivity index (χ4n) is 1.34. The molecule has 1 heterocycles. The van der Waals surface area contributed by atoms with Crippen LogP contribution in [0.4, 0.5) is 0 Å². The number of carbonyl (C=O) groups is 1. The summed E-state index contributed by atoms with van der Waals surface area (Å²) < 4.78 is 9.70. The van der Waals surface area contributed by atoms with Crippen molar-refractivity contribution in [3.8, 4) is 0 Å².